The number of H-pyrrole nitrogens is 2. The summed E-state index contributed by atoms with van der Waals surface area (Å²) in [5.41, 5.74) is 4.28. The third-order valence-corrected chi connectivity index (χ3v) is 4.78. The Morgan fingerprint density at radius 2 is 2.04 bits per heavy atom. The van der Waals surface area contributed by atoms with Gasteiger partial charge in [0.05, 0.1) is 18.3 Å². The molecule has 0 radical (unpaired) electrons. The average Bonchev–Trinajstić information content (AvgIpc) is 3.10. The summed E-state index contributed by atoms with van der Waals surface area (Å²) in [5, 5.41) is 5.88. The number of ether oxygens (including phenoxy) is 1. The molecule has 3 N–H and O–H groups in total. The van der Waals surface area contributed by atoms with Gasteiger partial charge in [0.15, 0.2) is 5.75 Å². The minimum absolute atomic E-state index is 0.120. The van der Waals surface area contributed by atoms with E-state index in [0.29, 0.717) is 17.1 Å². The van der Waals surface area contributed by atoms with Crippen LogP contribution in [0, 0.1) is 6.92 Å². The number of nitrogens with one attached hydrogen (secondary N) is 3. The van der Waals surface area contributed by atoms with Gasteiger partial charge < -0.3 is 20.0 Å². The molecule has 0 aliphatic carbocycles. The van der Waals surface area contributed by atoms with Crippen molar-refractivity contribution in [1.29, 1.82) is 0 Å². The lowest BCUT2D eigenvalue weighted by Crippen LogP contribution is -2.16. The predicted molar refractivity (Wildman–Crippen MR) is 106 cm³/mol. The highest BCUT2D eigenvalue weighted by Crippen LogP contribution is 2.35. The Labute approximate surface area is 155 Å². The summed E-state index contributed by atoms with van der Waals surface area (Å²) in [4.78, 5) is 18.5. The molecular formula is C20H18ClN3O2. The van der Waals surface area contributed by atoms with E-state index in [1.807, 2.05) is 43.5 Å². The van der Waals surface area contributed by atoms with Crippen LogP contribution in [0.1, 0.15) is 11.1 Å². The smallest absolute Gasteiger partial charge is 0.253 e. The Balaban J connectivity index is 1.71. The van der Waals surface area contributed by atoms with Crippen LogP contribution in [-0.2, 0) is 6.54 Å². The number of fused-ring (bicyclic) bond motifs is 2. The number of aromatic amines is 2. The number of hydrogen-bond donors (Lipinski definition) is 3. The molecule has 26 heavy (non-hydrogen) atoms. The third-order valence-electron chi connectivity index (χ3n) is 4.55. The monoisotopic (exact) mass is 367 g/mol. The van der Waals surface area contributed by atoms with E-state index in [9.17, 15) is 4.79 Å². The minimum Gasteiger partial charge on any atom is -0.494 e. The van der Waals surface area contributed by atoms with Crippen molar-refractivity contribution in [2.24, 2.45) is 0 Å². The molecule has 2 aromatic heterocycles. The van der Waals surface area contributed by atoms with Crippen molar-refractivity contribution >= 4 is 39.1 Å². The Hall–Kier alpha value is -2.92. The van der Waals surface area contributed by atoms with Gasteiger partial charge in [0.25, 0.3) is 5.56 Å². The van der Waals surface area contributed by atoms with Crippen molar-refractivity contribution in [2.45, 2.75) is 13.5 Å². The maximum absolute atomic E-state index is 12.4. The van der Waals surface area contributed by atoms with Crippen LogP contribution in [0.15, 0.2) is 47.4 Å². The lowest BCUT2D eigenvalue weighted by molar-refractivity contribution is 0.421. The summed E-state index contributed by atoms with van der Waals surface area (Å²) >= 11 is 6.06. The molecule has 2 heterocycles. The van der Waals surface area contributed by atoms with Gasteiger partial charge in [0.2, 0.25) is 0 Å². The van der Waals surface area contributed by atoms with Crippen LogP contribution in [0.5, 0.6) is 5.75 Å². The minimum atomic E-state index is -0.120. The second-order valence-electron chi connectivity index (χ2n) is 6.25. The zero-order valence-electron chi connectivity index (χ0n) is 14.4. The first-order valence-corrected chi connectivity index (χ1v) is 8.64. The molecule has 5 nitrogen and oxygen atoms in total. The van der Waals surface area contributed by atoms with Crippen molar-refractivity contribution in [3.8, 4) is 5.75 Å². The fraction of sp³-hybridized carbons (Fsp3) is 0.150. The summed E-state index contributed by atoms with van der Waals surface area (Å²) in [6, 6.07) is 11.3. The number of anilines is 1. The third kappa shape index (κ3) is 2.80. The molecule has 0 fully saturated rings. The van der Waals surface area contributed by atoms with E-state index in [1.54, 1.807) is 13.2 Å². The van der Waals surface area contributed by atoms with E-state index >= 15 is 0 Å². The first-order chi connectivity index (χ1) is 12.6. The summed E-state index contributed by atoms with van der Waals surface area (Å²) in [7, 11) is 1.65. The summed E-state index contributed by atoms with van der Waals surface area (Å²) in [5.74, 6) is 0.757. The number of methoxy groups -OCH3 is 1. The van der Waals surface area contributed by atoms with Gasteiger partial charge >= 0.3 is 0 Å². The topological polar surface area (TPSA) is 69.9 Å². The number of pyridine rings is 1. The van der Waals surface area contributed by atoms with Gasteiger partial charge in [-0.15, -0.1) is 0 Å². The van der Waals surface area contributed by atoms with Gasteiger partial charge in [-0.25, -0.2) is 0 Å². The second kappa shape index (κ2) is 6.42. The van der Waals surface area contributed by atoms with Gasteiger partial charge in [-0.1, -0.05) is 11.6 Å². The highest BCUT2D eigenvalue weighted by Gasteiger charge is 2.12. The molecule has 6 heteroatoms. The van der Waals surface area contributed by atoms with E-state index in [0.717, 1.165) is 38.8 Å². The quantitative estimate of drug-likeness (QED) is 0.494. The van der Waals surface area contributed by atoms with Crippen molar-refractivity contribution in [3.63, 3.8) is 0 Å². The Kier molecular flexibility index (Phi) is 4.09. The van der Waals surface area contributed by atoms with Crippen LogP contribution >= 0.6 is 11.6 Å². The summed E-state index contributed by atoms with van der Waals surface area (Å²) < 4.78 is 5.59. The molecule has 0 aliphatic rings. The Morgan fingerprint density at radius 3 is 2.85 bits per heavy atom. The van der Waals surface area contributed by atoms with Crippen molar-refractivity contribution in [2.75, 3.05) is 12.4 Å². The second-order valence-corrected chi connectivity index (χ2v) is 6.69. The number of benzene rings is 2. The average molecular weight is 368 g/mol. The summed E-state index contributed by atoms with van der Waals surface area (Å²) in [6.45, 7) is 2.41. The van der Waals surface area contributed by atoms with Crippen LogP contribution in [0.3, 0.4) is 0 Å². The van der Waals surface area contributed by atoms with Gasteiger partial charge in [-0.05, 0) is 48.9 Å². The number of rotatable bonds is 4. The van der Waals surface area contributed by atoms with E-state index in [2.05, 4.69) is 15.3 Å². The molecule has 2 aromatic carbocycles. The van der Waals surface area contributed by atoms with E-state index in [1.165, 1.54) is 0 Å². The van der Waals surface area contributed by atoms with Crippen LogP contribution in [0.4, 0.5) is 5.69 Å². The Morgan fingerprint density at radius 1 is 1.19 bits per heavy atom. The van der Waals surface area contributed by atoms with E-state index in [4.69, 9.17) is 16.3 Å². The largest absolute Gasteiger partial charge is 0.494 e. The standard InChI is InChI=1S/C20H18ClN3O2/c1-11-7-17(19(26-2)15-5-6-22-18(11)15)23-10-13-8-12-9-14(21)3-4-16(12)24-20(13)25/h3-9,22-23H,10H2,1-2H3,(H,24,25). The lowest BCUT2D eigenvalue weighted by atomic mass is 10.1. The highest BCUT2D eigenvalue weighted by molar-refractivity contribution is 6.31. The van der Waals surface area contributed by atoms with Crippen LogP contribution in [0.2, 0.25) is 5.02 Å². The summed E-state index contributed by atoms with van der Waals surface area (Å²) in [6.07, 6.45) is 1.89. The fourth-order valence-corrected chi connectivity index (χ4v) is 3.46. The van der Waals surface area contributed by atoms with Gasteiger partial charge in [0.1, 0.15) is 0 Å². The number of halogens is 1. The van der Waals surface area contributed by atoms with Crippen molar-refractivity contribution in [1.82, 2.24) is 9.97 Å². The van der Waals surface area contributed by atoms with Crippen LogP contribution in [0.25, 0.3) is 21.8 Å². The van der Waals surface area contributed by atoms with Gasteiger partial charge in [-0.2, -0.15) is 0 Å². The molecule has 132 valence electrons. The zero-order valence-corrected chi connectivity index (χ0v) is 15.2. The maximum Gasteiger partial charge on any atom is 0.253 e. The number of aryl methyl sites for hydroxylation is 1. The van der Waals surface area contributed by atoms with E-state index < -0.39 is 0 Å². The maximum atomic E-state index is 12.4. The molecule has 0 aliphatic heterocycles. The molecule has 0 amide bonds. The van der Waals surface area contributed by atoms with Crippen LogP contribution in [-0.4, -0.2) is 17.1 Å². The Bertz CT molecular complexity index is 1180. The van der Waals surface area contributed by atoms with Gasteiger partial charge in [0, 0.05) is 39.6 Å². The fourth-order valence-electron chi connectivity index (χ4n) is 3.28. The number of aromatic nitrogens is 2. The molecule has 0 atom stereocenters. The zero-order chi connectivity index (χ0) is 18.3. The molecule has 0 saturated heterocycles. The first-order valence-electron chi connectivity index (χ1n) is 8.27. The normalized spacial score (nSPS) is 11.2. The molecule has 0 unspecified atom stereocenters. The number of hydrogen-bond acceptors (Lipinski definition) is 3. The van der Waals surface area contributed by atoms with Crippen LogP contribution < -0.4 is 15.6 Å². The predicted octanol–water partition coefficient (Wildman–Crippen LogP) is 4.59. The molecular weight excluding hydrogens is 350 g/mol. The van der Waals surface area contributed by atoms with Crippen molar-refractivity contribution < 1.29 is 4.74 Å². The molecule has 0 saturated carbocycles. The van der Waals surface area contributed by atoms with E-state index in [-0.39, 0.29) is 5.56 Å². The first kappa shape index (κ1) is 16.5. The van der Waals surface area contributed by atoms with Gasteiger partial charge in [-0.3, -0.25) is 4.79 Å². The lowest BCUT2D eigenvalue weighted by Gasteiger charge is -2.14. The SMILES string of the molecule is COc1c(NCc2cc3cc(Cl)ccc3[nH]c2=O)cc(C)c2[nH]ccc12. The molecule has 4 rings (SSSR count). The molecule has 4 aromatic rings. The molecule has 0 bridgehead atoms. The molecule has 0 spiro atoms. The van der Waals surface area contributed by atoms with Crippen molar-refractivity contribution in [3.05, 3.63) is 69.1 Å². The highest BCUT2D eigenvalue weighted by atomic mass is 35.5.